The van der Waals surface area contributed by atoms with Gasteiger partial charge < -0.3 is 14.6 Å². The molecule has 0 spiro atoms. The van der Waals surface area contributed by atoms with Crippen molar-refractivity contribution in [1.82, 2.24) is 15.5 Å². The van der Waals surface area contributed by atoms with Crippen LogP contribution in [0.2, 0.25) is 0 Å². The lowest BCUT2D eigenvalue weighted by atomic mass is 10.0. The van der Waals surface area contributed by atoms with Crippen molar-refractivity contribution in [2.75, 3.05) is 14.2 Å². The van der Waals surface area contributed by atoms with Gasteiger partial charge in [-0.1, -0.05) is 12.1 Å². The second kappa shape index (κ2) is 5.80. The lowest BCUT2D eigenvalue weighted by molar-refractivity contribution is -0.0178. The zero-order chi connectivity index (χ0) is 13.0. The van der Waals surface area contributed by atoms with Gasteiger partial charge in [0.25, 0.3) is 0 Å². The molecule has 1 N–H and O–H groups in total. The van der Waals surface area contributed by atoms with Crippen LogP contribution >= 0.6 is 0 Å². The van der Waals surface area contributed by atoms with Gasteiger partial charge in [0.15, 0.2) is 0 Å². The molecule has 1 fully saturated rings. The summed E-state index contributed by atoms with van der Waals surface area (Å²) in [5.41, 5.74) is -0.302. The van der Waals surface area contributed by atoms with Crippen LogP contribution in [0.3, 0.4) is 0 Å². The fourth-order valence-electron chi connectivity index (χ4n) is 2.65. The summed E-state index contributed by atoms with van der Waals surface area (Å²) in [6.07, 6.45) is 6.15. The van der Waals surface area contributed by atoms with Crippen LogP contribution in [-0.2, 0) is 16.8 Å². The van der Waals surface area contributed by atoms with Gasteiger partial charge in [-0.2, -0.15) is 4.98 Å². The molecule has 5 nitrogen and oxygen atoms in total. The van der Waals surface area contributed by atoms with Crippen LogP contribution in [0.4, 0.5) is 0 Å². The molecule has 5 heteroatoms. The largest absolute Gasteiger partial charge is 0.370 e. The molecule has 0 radical (unpaired) electrons. The number of rotatable bonds is 6. The van der Waals surface area contributed by atoms with Crippen LogP contribution in [0.15, 0.2) is 4.52 Å². The Morgan fingerprint density at radius 2 is 2.17 bits per heavy atom. The van der Waals surface area contributed by atoms with Gasteiger partial charge in [0, 0.05) is 19.6 Å². The predicted octanol–water partition coefficient (Wildman–Crippen LogP) is 2.03. The number of nitrogens with one attached hydrogen (secondary N) is 1. The summed E-state index contributed by atoms with van der Waals surface area (Å²) < 4.78 is 11.0. The minimum Gasteiger partial charge on any atom is -0.370 e. The quantitative estimate of drug-likeness (QED) is 0.840. The number of ether oxygens (including phenoxy) is 1. The van der Waals surface area contributed by atoms with E-state index in [1.54, 1.807) is 7.11 Å². The number of hydrogen-bond acceptors (Lipinski definition) is 5. The Hall–Kier alpha value is -0.940. The van der Waals surface area contributed by atoms with Crippen molar-refractivity contribution in [2.24, 2.45) is 0 Å². The van der Waals surface area contributed by atoms with Crippen LogP contribution < -0.4 is 5.32 Å². The van der Waals surface area contributed by atoms with E-state index in [1.807, 2.05) is 7.05 Å². The molecular weight excluding hydrogens is 230 g/mol. The second-order valence-electron chi connectivity index (χ2n) is 5.02. The average molecular weight is 253 g/mol. The highest BCUT2D eigenvalue weighted by atomic mass is 16.5. The summed E-state index contributed by atoms with van der Waals surface area (Å²) in [4.78, 5) is 4.53. The van der Waals surface area contributed by atoms with Gasteiger partial charge in [-0.05, 0) is 39.2 Å². The van der Waals surface area contributed by atoms with Gasteiger partial charge in [0.2, 0.25) is 11.7 Å². The maximum absolute atomic E-state index is 5.66. The van der Waals surface area contributed by atoms with E-state index in [9.17, 15) is 0 Å². The molecule has 2 rings (SSSR count). The van der Waals surface area contributed by atoms with Crippen LogP contribution in [0.25, 0.3) is 0 Å². The third-order valence-corrected chi connectivity index (χ3v) is 4.00. The maximum atomic E-state index is 5.66. The highest BCUT2D eigenvalue weighted by Gasteiger charge is 2.40. The van der Waals surface area contributed by atoms with Crippen molar-refractivity contribution >= 4 is 0 Å². The van der Waals surface area contributed by atoms with Gasteiger partial charge in [-0.3, -0.25) is 0 Å². The summed E-state index contributed by atoms with van der Waals surface area (Å²) in [6.45, 7) is 2.14. The van der Waals surface area contributed by atoms with Crippen LogP contribution in [0.1, 0.15) is 50.7 Å². The smallest absolute Gasteiger partial charge is 0.228 e. The fraction of sp³-hybridized carbons (Fsp3) is 0.846. The summed E-state index contributed by atoms with van der Waals surface area (Å²) >= 11 is 0. The summed E-state index contributed by atoms with van der Waals surface area (Å²) in [7, 11) is 3.70. The predicted molar refractivity (Wildman–Crippen MR) is 68.3 cm³/mol. The van der Waals surface area contributed by atoms with Gasteiger partial charge in [0.1, 0.15) is 5.60 Å². The van der Waals surface area contributed by atoms with E-state index in [-0.39, 0.29) is 5.60 Å². The fourth-order valence-corrected chi connectivity index (χ4v) is 2.65. The topological polar surface area (TPSA) is 60.2 Å². The Morgan fingerprint density at radius 1 is 1.44 bits per heavy atom. The number of methoxy groups -OCH3 is 1. The molecular formula is C13H23N3O2. The molecule has 102 valence electrons. The summed E-state index contributed by atoms with van der Waals surface area (Å²) in [5.74, 6) is 1.43. The van der Waals surface area contributed by atoms with Crippen LogP contribution in [0.5, 0.6) is 0 Å². The molecule has 1 unspecified atom stereocenters. The Balaban J connectivity index is 2.09. The molecule has 1 aromatic heterocycles. The molecule has 1 aliphatic carbocycles. The minimum atomic E-state index is -0.302. The molecule has 1 heterocycles. The first-order valence-electron chi connectivity index (χ1n) is 6.79. The van der Waals surface area contributed by atoms with Crippen molar-refractivity contribution in [3.63, 3.8) is 0 Å². The third kappa shape index (κ3) is 2.57. The van der Waals surface area contributed by atoms with E-state index in [1.165, 1.54) is 12.8 Å². The van der Waals surface area contributed by atoms with Crippen molar-refractivity contribution in [3.05, 3.63) is 11.7 Å². The SMILES string of the molecule is CCC(Cc1nc(C2(OC)CCCC2)no1)NC. The monoisotopic (exact) mass is 253 g/mol. The van der Waals surface area contributed by atoms with E-state index in [2.05, 4.69) is 22.4 Å². The molecule has 0 amide bonds. The van der Waals surface area contributed by atoms with E-state index in [4.69, 9.17) is 9.26 Å². The maximum Gasteiger partial charge on any atom is 0.228 e. The summed E-state index contributed by atoms with van der Waals surface area (Å²) in [6, 6.07) is 0.389. The zero-order valence-corrected chi connectivity index (χ0v) is 11.5. The van der Waals surface area contributed by atoms with Crippen molar-refractivity contribution in [2.45, 2.75) is 57.1 Å². The number of nitrogens with zero attached hydrogens (tertiary/aromatic N) is 2. The Morgan fingerprint density at radius 3 is 2.72 bits per heavy atom. The second-order valence-corrected chi connectivity index (χ2v) is 5.02. The van der Waals surface area contributed by atoms with Crippen molar-refractivity contribution < 1.29 is 9.26 Å². The molecule has 1 aromatic rings. The van der Waals surface area contributed by atoms with Gasteiger partial charge in [-0.25, -0.2) is 0 Å². The number of aromatic nitrogens is 2. The van der Waals surface area contributed by atoms with Gasteiger partial charge in [-0.15, -0.1) is 0 Å². The number of likely N-dealkylation sites (N-methyl/N-ethyl adjacent to an activating group) is 1. The molecule has 1 saturated carbocycles. The standard InChI is InChI=1S/C13H23N3O2/c1-4-10(14-2)9-11-15-12(16-18-11)13(17-3)7-5-6-8-13/h10,14H,4-9H2,1-3H3. The Kier molecular flexibility index (Phi) is 4.35. The van der Waals surface area contributed by atoms with Crippen LogP contribution in [-0.4, -0.2) is 30.3 Å². The molecule has 1 atom stereocenters. The van der Waals surface area contributed by atoms with Crippen molar-refractivity contribution in [3.8, 4) is 0 Å². The Labute approximate surface area is 108 Å². The molecule has 0 bridgehead atoms. The molecule has 0 saturated heterocycles. The highest BCUT2D eigenvalue weighted by Crippen LogP contribution is 2.40. The lowest BCUT2D eigenvalue weighted by Crippen LogP contribution is -2.27. The minimum absolute atomic E-state index is 0.302. The average Bonchev–Trinajstić information content (AvgIpc) is 3.05. The first-order valence-corrected chi connectivity index (χ1v) is 6.79. The first-order chi connectivity index (χ1) is 8.74. The van der Waals surface area contributed by atoms with E-state index >= 15 is 0 Å². The molecule has 18 heavy (non-hydrogen) atoms. The molecule has 0 aromatic carbocycles. The highest BCUT2D eigenvalue weighted by molar-refractivity contribution is 5.04. The van der Waals surface area contributed by atoms with Crippen LogP contribution in [0, 0.1) is 0 Å². The lowest BCUT2D eigenvalue weighted by Gasteiger charge is -2.22. The normalized spacial score (nSPS) is 20.2. The van der Waals surface area contributed by atoms with E-state index in [0.717, 1.165) is 31.5 Å². The zero-order valence-electron chi connectivity index (χ0n) is 11.5. The number of hydrogen-bond donors (Lipinski definition) is 1. The Bertz CT molecular complexity index is 368. The van der Waals surface area contributed by atoms with Crippen molar-refractivity contribution in [1.29, 1.82) is 0 Å². The summed E-state index contributed by atoms with van der Waals surface area (Å²) in [5, 5.41) is 7.37. The van der Waals surface area contributed by atoms with Gasteiger partial charge >= 0.3 is 0 Å². The molecule has 0 aliphatic heterocycles. The third-order valence-electron chi connectivity index (χ3n) is 4.00. The molecule has 1 aliphatic rings. The van der Waals surface area contributed by atoms with Gasteiger partial charge in [0.05, 0.1) is 0 Å². The van der Waals surface area contributed by atoms with E-state index < -0.39 is 0 Å². The van der Waals surface area contributed by atoms with E-state index in [0.29, 0.717) is 11.9 Å². The first kappa shape index (κ1) is 13.5.